The Kier molecular flexibility index (Phi) is 5.86. The summed E-state index contributed by atoms with van der Waals surface area (Å²) in [5, 5.41) is 2.67. The molecule has 0 fully saturated rings. The molecule has 1 heterocycles. The second-order valence-corrected chi connectivity index (χ2v) is 7.91. The number of para-hydroxylation sites is 1. The van der Waals surface area contributed by atoms with Gasteiger partial charge in [-0.1, -0.05) is 30.3 Å². The number of pyridine rings is 1. The Hall–Kier alpha value is -3.45. The summed E-state index contributed by atoms with van der Waals surface area (Å²) in [6.07, 6.45) is 6.28. The van der Waals surface area contributed by atoms with E-state index in [1.807, 2.05) is 12.1 Å². The lowest BCUT2D eigenvalue weighted by atomic mass is 10.2. The molecule has 0 saturated carbocycles. The molecule has 6 nitrogen and oxygen atoms in total. The van der Waals surface area contributed by atoms with Gasteiger partial charge in [-0.25, -0.2) is 8.42 Å². The van der Waals surface area contributed by atoms with Crippen molar-refractivity contribution in [2.75, 3.05) is 16.7 Å². The van der Waals surface area contributed by atoms with Gasteiger partial charge in [-0.15, -0.1) is 0 Å². The van der Waals surface area contributed by atoms with Crippen LogP contribution in [0.3, 0.4) is 0 Å². The van der Waals surface area contributed by atoms with Gasteiger partial charge in [0.2, 0.25) is 5.91 Å². The molecule has 0 radical (unpaired) electrons. The van der Waals surface area contributed by atoms with Crippen LogP contribution < -0.4 is 9.62 Å². The zero-order chi connectivity index (χ0) is 20.0. The minimum absolute atomic E-state index is 0.0906. The van der Waals surface area contributed by atoms with Gasteiger partial charge in [0, 0.05) is 31.2 Å². The number of hydrogen-bond acceptors (Lipinski definition) is 4. The van der Waals surface area contributed by atoms with Crippen molar-refractivity contribution in [3.8, 4) is 0 Å². The maximum atomic E-state index is 12.9. The minimum Gasteiger partial charge on any atom is -0.322 e. The van der Waals surface area contributed by atoms with Crippen molar-refractivity contribution < 1.29 is 13.2 Å². The second kappa shape index (κ2) is 8.49. The molecule has 1 amide bonds. The molecule has 1 aromatic heterocycles. The zero-order valence-electron chi connectivity index (χ0n) is 15.2. The average molecular weight is 393 g/mol. The Bertz CT molecular complexity index is 1080. The molecule has 0 aliphatic rings. The molecule has 7 heteroatoms. The number of carbonyl (C=O) groups excluding carboxylic acids is 1. The van der Waals surface area contributed by atoms with Gasteiger partial charge in [0.05, 0.1) is 10.6 Å². The van der Waals surface area contributed by atoms with Crippen molar-refractivity contribution in [3.63, 3.8) is 0 Å². The summed E-state index contributed by atoms with van der Waals surface area (Å²) in [7, 11) is -2.26. The monoisotopic (exact) mass is 393 g/mol. The van der Waals surface area contributed by atoms with E-state index in [1.54, 1.807) is 60.9 Å². The van der Waals surface area contributed by atoms with Crippen molar-refractivity contribution in [2.24, 2.45) is 0 Å². The van der Waals surface area contributed by atoms with Crippen LogP contribution in [-0.4, -0.2) is 26.4 Å². The molecule has 0 atom stereocenters. The first-order valence-electron chi connectivity index (χ1n) is 8.50. The van der Waals surface area contributed by atoms with Crippen LogP contribution >= 0.6 is 0 Å². The number of aromatic nitrogens is 1. The van der Waals surface area contributed by atoms with Gasteiger partial charge in [0.15, 0.2) is 0 Å². The number of anilines is 2. The molecule has 3 aromatic rings. The van der Waals surface area contributed by atoms with E-state index < -0.39 is 10.0 Å². The van der Waals surface area contributed by atoms with Crippen molar-refractivity contribution in [2.45, 2.75) is 4.90 Å². The van der Waals surface area contributed by atoms with Gasteiger partial charge < -0.3 is 5.32 Å². The SMILES string of the molecule is CN(c1ccccc1)S(=O)(=O)c1cccc(NC(=O)/C=C/c2cccnc2)c1. The summed E-state index contributed by atoms with van der Waals surface area (Å²) in [4.78, 5) is 16.2. The van der Waals surface area contributed by atoms with Gasteiger partial charge in [-0.2, -0.15) is 0 Å². The highest BCUT2D eigenvalue weighted by Gasteiger charge is 2.21. The molecule has 1 N–H and O–H groups in total. The van der Waals surface area contributed by atoms with Crippen molar-refractivity contribution >= 4 is 33.4 Å². The first-order chi connectivity index (χ1) is 13.5. The number of rotatable bonds is 6. The van der Waals surface area contributed by atoms with Crippen LogP contribution in [0.1, 0.15) is 5.56 Å². The number of nitrogens with one attached hydrogen (secondary N) is 1. The van der Waals surface area contributed by atoms with E-state index in [-0.39, 0.29) is 10.8 Å². The molecule has 28 heavy (non-hydrogen) atoms. The molecule has 2 aromatic carbocycles. The largest absolute Gasteiger partial charge is 0.322 e. The molecule has 0 unspecified atom stereocenters. The van der Waals surface area contributed by atoms with Crippen molar-refractivity contribution in [1.29, 1.82) is 0 Å². The summed E-state index contributed by atoms with van der Waals surface area (Å²) in [5.74, 6) is -0.366. The van der Waals surface area contributed by atoms with E-state index in [4.69, 9.17) is 0 Å². The van der Waals surface area contributed by atoms with E-state index in [0.717, 1.165) is 5.56 Å². The molecular formula is C21H19N3O3S. The highest BCUT2D eigenvalue weighted by Crippen LogP contribution is 2.23. The lowest BCUT2D eigenvalue weighted by Crippen LogP contribution is -2.26. The van der Waals surface area contributed by atoms with Crippen LogP contribution in [-0.2, 0) is 14.8 Å². The number of benzene rings is 2. The quantitative estimate of drug-likeness (QED) is 0.650. The summed E-state index contributed by atoms with van der Waals surface area (Å²) in [5.41, 5.74) is 1.73. The molecule has 0 saturated heterocycles. The lowest BCUT2D eigenvalue weighted by molar-refractivity contribution is -0.111. The maximum absolute atomic E-state index is 12.9. The molecule has 0 aliphatic carbocycles. The van der Waals surface area contributed by atoms with Crippen LogP contribution in [0.5, 0.6) is 0 Å². The predicted molar refractivity (Wildman–Crippen MR) is 110 cm³/mol. The predicted octanol–water partition coefficient (Wildman–Crippen LogP) is 3.56. The lowest BCUT2D eigenvalue weighted by Gasteiger charge is -2.19. The first kappa shape index (κ1) is 19.3. The van der Waals surface area contributed by atoms with E-state index in [0.29, 0.717) is 11.4 Å². The van der Waals surface area contributed by atoms with Gasteiger partial charge in [-0.3, -0.25) is 14.1 Å². The fourth-order valence-corrected chi connectivity index (χ4v) is 3.74. The minimum atomic E-state index is -3.75. The third-order valence-corrected chi connectivity index (χ3v) is 5.77. The van der Waals surface area contributed by atoms with Crippen LogP contribution in [0, 0.1) is 0 Å². The molecule has 3 rings (SSSR count). The van der Waals surface area contributed by atoms with E-state index in [1.165, 1.54) is 29.6 Å². The fraction of sp³-hybridized carbons (Fsp3) is 0.0476. The van der Waals surface area contributed by atoms with E-state index in [9.17, 15) is 13.2 Å². The zero-order valence-corrected chi connectivity index (χ0v) is 16.0. The molecule has 0 spiro atoms. The summed E-state index contributed by atoms with van der Waals surface area (Å²) < 4.78 is 27.0. The molecular weight excluding hydrogens is 374 g/mol. The van der Waals surface area contributed by atoms with Gasteiger partial charge >= 0.3 is 0 Å². The molecule has 0 bridgehead atoms. The number of nitrogens with zero attached hydrogens (tertiary/aromatic N) is 2. The fourth-order valence-electron chi connectivity index (χ4n) is 2.50. The Morgan fingerprint density at radius 2 is 1.82 bits per heavy atom. The number of carbonyl (C=O) groups is 1. The highest BCUT2D eigenvalue weighted by atomic mass is 32.2. The van der Waals surface area contributed by atoms with Gasteiger partial charge in [-0.05, 0) is 48.0 Å². The first-order valence-corrected chi connectivity index (χ1v) is 9.94. The standard InChI is InChI=1S/C21H19N3O3S/c1-24(19-9-3-2-4-10-19)28(26,27)20-11-5-8-18(15-20)23-21(25)13-12-17-7-6-14-22-16-17/h2-16H,1H3,(H,23,25)/b13-12+. The van der Waals surface area contributed by atoms with Crippen molar-refractivity contribution in [1.82, 2.24) is 4.98 Å². The van der Waals surface area contributed by atoms with Gasteiger partial charge in [0.25, 0.3) is 10.0 Å². The van der Waals surface area contributed by atoms with Crippen LogP contribution in [0.15, 0.2) is 90.1 Å². The highest BCUT2D eigenvalue weighted by molar-refractivity contribution is 7.92. The maximum Gasteiger partial charge on any atom is 0.264 e. The third kappa shape index (κ3) is 4.63. The number of sulfonamides is 1. The normalized spacial score (nSPS) is 11.3. The summed E-state index contributed by atoms with van der Waals surface area (Å²) in [6, 6.07) is 18.5. The average Bonchev–Trinajstić information content (AvgIpc) is 2.73. The van der Waals surface area contributed by atoms with Crippen molar-refractivity contribution in [3.05, 3.63) is 90.8 Å². The van der Waals surface area contributed by atoms with E-state index in [2.05, 4.69) is 10.3 Å². The summed E-state index contributed by atoms with van der Waals surface area (Å²) in [6.45, 7) is 0. The number of amides is 1. The van der Waals surface area contributed by atoms with E-state index >= 15 is 0 Å². The second-order valence-electron chi connectivity index (χ2n) is 5.94. The Labute approximate surface area is 164 Å². The third-order valence-electron chi connectivity index (χ3n) is 3.99. The number of hydrogen-bond donors (Lipinski definition) is 1. The Balaban J connectivity index is 1.76. The Morgan fingerprint density at radius 1 is 1.04 bits per heavy atom. The molecule has 0 aliphatic heterocycles. The smallest absolute Gasteiger partial charge is 0.264 e. The Morgan fingerprint density at radius 3 is 2.54 bits per heavy atom. The van der Waals surface area contributed by atoms with Gasteiger partial charge in [0.1, 0.15) is 0 Å². The van der Waals surface area contributed by atoms with Crippen LogP contribution in [0.25, 0.3) is 6.08 Å². The van der Waals surface area contributed by atoms with Crippen LogP contribution in [0.4, 0.5) is 11.4 Å². The van der Waals surface area contributed by atoms with Crippen LogP contribution in [0.2, 0.25) is 0 Å². The topological polar surface area (TPSA) is 79.4 Å². The molecule has 142 valence electrons. The summed E-state index contributed by atoms with van der Waals surface area (Å²) >= 11 is 0.